The molecule has 4 nitrogen and oxygen atoms in total. The molecular weight excluding hydrogens is 250 g/mol. The van der Waals surface area contributed by atoms with E-state index >= 15 is 0 Å². The lowest BCUT2D eigenvalue weighted by Gasteiger charge is -2.04. The number of hydrogen-bond acceptors (Lipinski definition) is 2. The molecule has 0 fully saturated rings. The van der Waals surface area contributed by atoms with Crippen LogP contribution in [0.1, 0.15) is 21.6 Å². The maximum absolute atomic E-state index is 11.7. The highest BCUT2D eigenvalue weighted by atomic mass is 16.1. The summed E-state index contributed by atoms with van der Waals surface area (Å²) in [5.41, 5.74) is 8.12. The van der Waals surface area contributed by atoms with Crippen molar-refractivity contribution in [2.24, 2.45) is 5.73 Å². The molecule has 0 saturated carbocycles. The van der Waals surface area contributed by atoms with E-state index in [9.17, 15) is 4.79 Å². The standard InChI is InChI=1S/C16H13N3O/c17-14(10-6-2-1-3-7-10)15-13(16(18)20)11-8-4-5-9-12(11)19-15/h1-9,17,19H,(H2,18,20). The Morgan fingerprint density at radius 3 is 2.35 bits per heavy atom. The van der Waals surface area contributed by atoms with Gasteiger partial charge in [-0.3, -0.25) is 10.2 Å². The van der Waals surface area contributed by atoms with Crippen LogP contribution in [-0.4, -0.2) is 16.6 Å². The Kier molecular flexibility index (Phi) is 2.84. The molecule has 0 unspecified atom stereocenters. The summed E-state index contributed by atoms with van der Waals surface area (Å²) in [7, 11) is 0. The van der Waals surface area contributed by atoms with Gasteiger partial charge in [0, 0.05) is 16.5 Å². The summed E-state index contributed by atoms with van der Waals surface area (Å²) in [6.07, 6.45) is 0. The number of hydrogen-bond donors (Lipinski definition) is 3. The van der Waals surface area contributed by atoms with Crippen LogP contribution in [0.15, 0.2) is 54.6 Å². The predicted molar refractivity (Wildman–Crippen MR) is 79.2 cm³/mol. The zero-order valence-corrected chi connectivity index (χ0v) is 10.7. The fourth-order valence-electron chi connectivity index (χ4n) is 2.33. The van der Waals surface area contributed by atoms with E-state index in [1.165, 1.54) is 0 Å². The second-order valence-electron chi connectivity index (χ2n) is 4.53. The average molecular weight is 263 g/mol. The molecule has 1 aromatic heterocycles. The fraction of sp³-hybridized carbons (Fsp3) is 0. The third-order valence-electron chi connectivity index (χ3n) is 3.26. The van der Waals surface area contributed by atoms with Crippen molar-refractivity contribution in [3.05, 3.63) is 71.4 Å². The lowest BCUT2D eigenvalue weighted by molar-refractivity contribution is 0.100. The molecule has 4 heteroatoms. The monoisotopic (exact) mass is 263 g/mol. The van der Waals surface area contributed by atoms with Gasteiger partial charge in [-0.05, 0) is 6.07 Å². The molecule has 1 amide bonds. The van der Waals surface area contributed by atoms with E-state index < -0.39 is 5.91 Å². The van der Waals surface area contributed by atoms with E-state index in [0.717, 1.165) is 16.5 Å². The number of rotatable bonds is 3. The molecule has 0 spiro atoms. The Morgan fingerprint density at radius 1 is 1.00 bits per heavy atom. The Hall–Kier alpha value is -2.88. The normalized spacial score (nSPS) is 10.6. The number of carbonyl (C=O) groups excluding carboxylic acids is 1. The topological polar surface area (TPSA) is 82.7 Å². The molecule has 0 radical (unpaired) electrons. The van der Waals surface area contributed by atoms with Gasteiger partial charge in [0.1, 0.15) is 0 Å². The van der Waals surface area contributed by atoms with Crippen molar-refractivity contribution in [3.8, 4) is 0 Å². The molecule has 0 aliphatic carbocycles. The summed E-state index contributed by atoms with van der Waals surface area (Å²) < 4.78 is 0. The van der Waals surface area contributed by atoms with Crippen LogP contribution >= 0.6 is 0 Å². The van der Waals surface area contributed by atoms with E-state index in [-0.39, 0.29) is 5.71 Å². The minimum Gasteiger partial charge on any atom is -0.366 e. The highest BCUT2D eigenvalue weighted by Crippen LogP contribution is 2.24. The molecule has 3 rings (SSSR count). The molecule has 0 saturated heterocycles. The van der Waals surface area contributed by atoms with Crippen molar-refractivity contribution in [3.63, 3.8) is 0 Å². The van der Waals surface area contributed by atoms with E-state index in [4.69, 9.17) is 11.1 Å². The maximum Gasteiger partial charge on any atom is 0.251 e. The highest BCUT2D eigenvalue weighted by Gasteiger charge is 2.19. The average Bonchev–Trinajstić information content (AvgIpc) is 2.86. The Morgan fingerprint density at radius 2 is 1.65 bits per heavy atom. The van der Waals surface area contributed by atoms with E-state index in [2.05, 4.69) is 4.98 Å². The van der Waals surface area contributed by atoms with Crippen molar-refractivity contribution in [1.29, 1.82) is 5.41 Å². The molecule has 2 aromatic carbocycles. The quantitative estimate of drug-likeness (QED) is 0.624. The summed E-state index contributed by atoms with van der Waals surface area (Å²) >= 11 is 0. The van der Waals surface area contributed by atoms with Gasteiger partial charge < -0.3 is 10.7 Å². The first-order valence-electron chi connectivity index (χ1n) is 6.23. The SMILES string of the molecule is N=C(c1ccccc1)c1[nH]c2ccccc2c1C(N)=O. The van der Waals surface area contributed by atoms with Crippen LogP contribution in [0.3, 0.4) is 0 Å². The van der Waals surface area contributed by atoms with Crippen LogP contribution in [0.2, 0.25) is 0 Å². The number of nitrogens with one attached hydrogen (secondary N) is 2. The molecule has 3 aromatic rings. The molecule has 4 N–H and O–H groups in total. The third-order valence-corrected chi connectivity index (χ3v) is 3.26. The van der Waals surface area contributed by atoms with Crippen LogP contribution < -0.4 is 5.73 Å². The Balaban J connectivity index is 2.24. The zero-order chi connectivity index (χ0) is 14.1. The van der Waals surface area contributed by atoms with E-state index in [1.54, 1.807) is 0 Å². The predicted octanol–water partition coefficient (Wildman–Crippen LogP) is 2.68. The highest BCUT2D eigenvalue weighted by molar-refractivity contribution is 6.20. The van der Waals surface area contributed by atoms with Crippen LogP contribution in [0.25, 0.3) is 10.9 Å². The molecule has 0 atom stereocenters. The van der Waals surface area contributed by atoms with E-state index in [0.29, 0.717) is 11.3 Å². The second kappa shape index (κ2) is 4.66. The number of fused-ring (bicyclic) bond motifs is 1. The number of carbonyl (C=O) groups is 1. The summed E-state index contributed by atoms with van der Waals surface area (Å²) in [6, 6.07) is 16.7. The van der Waals surface area contributed by atoms with Gasteiger partial charge in [-0.15, -0.1) is 0 Å². The van der Waals surface area contributed by atoms with Gasteiger partial charge >= 0.3 is 0 Å². The van der Waals surface area contributed by atoms with Crippen LogP contribution in [0.4, 0.5) is 0 Å². The Labute approximate surface area is 115 Å². The fourth-order valence-corrected chi connectivity index (χ4v) is 2.33. The van der Waals surface area contributed by atoms with Gasteiger partial charge in [0.15, 0.2) is 0 Å². The molecule has 0 aliphatic heterocycles. The van der Waals surface area contributed by atoms with Gasteiger partial charge in [-0.2, -0.15) is 0 Å². The number of amides is 1. The largest absolute Gasteiger partial charge is 0.366 e. The summed E-state index contributed by atoms with van der Waals surface area (Å²) in [5.74, 6) is -0.530. The molecule has 0 aliphatic rings. The maximum atomic E-state index is 11.7. The second-order valence-corrected chi connectivity index (χ2v) is 4.53. The number of aromatic nitrogens is 1. The number of para-hydroxylation sites is 1. The lowest BCUT2D eigenvalue weighted by atomic mass is 10.0. The minimum absolute atomic E-state index is 0.260. The van der Waals surface area contributed by atoms with Gasteiger partial charge in [0.05, 0.1) is 17.0 Å². The molecular formula is C16H13N3O. The number of benzene rings is 2. The minimum atomic E-state index is -0.530. The van der Waals surface area contributed by atoms with E-state index in [1.807, 2.05) is 54.6 Å². The number of aromatic amines is 1. The number of primary amides is 1. The first-order chi connectivity index (χ1) is 9.68. The molecule has 98 valence electrons. The number of H-pyrrole nitrogens is 1. The molecule has 20 heavy (non-hydrogen) atoms. The summed E-state index contributed by atoms with van der Waals surface area (Å²) in [4.78, 5) is 14.9. The number of nitrogens with two attached hydrogens (primary N) is 1. The van der Waals surface area contributed by atoms with Gasteiger partial charge in [0.2, 0.25) is 0 Å². The third kappa shape index (κ3) is 1.87. The van der Waals surface area contributed by atoms with Gasteiger partial charge in [0.25, 0.3) is 5.91 Å². The smallest absolute Gasteiger partial charge is 0.251 e. The van der Waals surface area contributed by atoms with Gasteiger partial charge in [-0.25, -0.2) is 0 Å². The van der Waals surface area contributed by atoms with Crippen LogP contribution in [0.5, 0.6) is 0 Å². The zero-order valence-electron chi connectivity index (χ0n) is 10.7. The molecule has 0 bridgehead atoms. The van der Waals surface area contributed by atoms with Crippen molar-refractivity contribution in [1.82, 2.24) is 4.98 Å². The summed E-state index contributed by atoms with van der Waals surface area (Å²) in [6.45, 7) is 0. The van der Waals surface area contributed by atoms with Gasteiger partial charge in [-0.1, -0.05) is 48.5 Å². The Bertz CT molecular complexity index is 803. The van der Waals surface area contributed by atoms with Crippen molar-refractivity contribution < 1.29 is 4.79 Å². The van der Waals surface area contributed by atoms with Crippen LogP contribution in [0, 0.1) is 5.41 Å². The first kappa shape index (κ1) is 12.2. The first-order valence-corrected chi connectivity index (χ1v) is 6.23. The molecule has 1 heterocycles. The lowest BCUT2D eigenvalue weighted by Crippen LogP contribution is -2.16. The van der Waals surface area contributed by atoms with Crippen LogP contribution in [-0.2, 0) is 0 Å². The summed E-state index contributed by atoms with van der Waals surface area (Å²) in [5, 5.41) is 9.04. The van der Waals surface area contributed by atoms with Crippen molar-refractivity contribution >= 4 is 22.5 Å². The van der Waals surface area contributed by atoms with Crippen molar-refractivity contribution in [2.75, 3.05) is 0 Å². The van der Waals surface area contributed by atoms with Crippen molar-refractivity contribution in [2.45, 2.75) is 0 Å².